The summed E-state index contributed by atoms with van der Waals surface area (Å²) in [5, 5.41) is 13.8. The van der Waals surface area contributed by atoms with Crippen LogP contribution in [0.2, 0.25) is 0 Å². The number of non-ortho nitro benzene ring substituents is 1. The summed E-state index contributed by atoms with van der Waals surface area (Å²) in [7, 11) is 0. The number of fused-ring (bicyclic) bond motifs is 1. The highest BCUT2D eigenvalue weighted by molar-refractivity contribution is 5.90. The Kier molecular flexibility index (Phi) is 4.74. The van der Waals surface area contributed by atoms with Crippen LogP contribution in [-0.4, -0.2) is 20.4 Å². The smallest absolute Gasteiger partial charge is 0.271 e. The van der Waals surface area contributed by atoms with Crippen molar-refractivity contribution >= 4 is 28.2 Å². The summed E-state index contributed by atoms with van der Waals surface area (Å²) in [6, 6.07) is 11.3. The molecule has 0 radical (unpaired) electrons. The molecule has 1 heterocycles. The van der Waals surface area contributed by atoms with Gasteiger partial charge in [-0.1, -0.05) is 19.1 Å². The Morgan fingerprint density at radius 1 is 1.27 bits per heavy atom. The predicted octanol–water partition coefficient (Wildman–Crippen LogP) is 2.51. The monoisotopic (exact) mass is 352 g/mol. The first kappa shape index (κ1) is 17.3. The highest BCUT2D eigenvalue weighted by atomic mass is 16.6. The molecular weight excluding hydrogens is 336 g/mol. The van der Waals surface area contributed by atoms with Gasteiger partial charge in [0, 0.05) is 17.8 Å². The van der Waals surface area contributed by atoms with E-state index in [-0.39, 0.29) is 29.0 Å². The van der Waals surface area contributed by atoms with E-state index in [1.165, 1.54) is 29.1 Å². The SMILES string of the molecule is CCc1cccc(NC(=O)Cn2cnc3cc([N+](=O)[O-])ccc3c2=O)c1. The maximum absolute atomic E-state index is 12.5. The molecule has 0 saturated heterocycles. The predicted molar refractivity (Wildman–Crippen MR) is 97.1 cm³/mol. The number of nitrogens with zero attached hydrogens (tertiary/aromatic N) is 3. The van der Waals surface area contributed by atoms with Crippen molar-refractivity contribution in [2.24, 2.45) is 0 Å². The van der Waals surface area contributed by atoms with Gasteiger partial charge in [-0.25, -0.2) is 4.98 Å². The first-order chi connectivity index (χ1) is 12.5. The summed E-state index contributed by atoms with van der Waals surface area (Å²) in [6.07, 6.45) is 2.07. The van der Waals surface area contributed by atoms with Gasteiger partial charge in [0.25, 0.3) is 11.2 Å². The van der Waals surface area contributed by atoms with Crippen LogP contribution in [0.25, 0.3) is 10.9 Å². The fourth-order valence-electron chi connectivity index (χ4n) is 2.60. The summed E-state index contributed by atoms with van der Waals surface area (Å²) in [4.78, 5) is 39.0. The highest BCUT2D eigenvalue weighted by Crippen LogP contribution is 2.16. The van der Waals surface area contributed by atoms with Gasteiger partial charge in [0.2, 0.25) is 5.91 Å². The second kappa shape index (κ2) is 7.14. The van der Waals surface area contributed by atoms with Crippen molar-refractivity contribution in [3.63, 3.8) is 0 Å². The van der Waals surface area contributed by atoms with Gasteiger partial charge in [0.15, 0.2) is 0 Å². The summed E-state index contributed by atoms with van der Waals surface area (Å²) in [5.74, 6) is -0.358. The van der Waals surface area contributed by atoms with E-state index >= 15 is 0 Å². The molecule has 1 N–H and O–H groups in total. The second-order valence-electron chi connectivity index (χ2n) is 5.74. The van der Waals surface area contributed by atoms with Crippen molar-refractivity contribution < 1.29 is 9.72 Å². The van der Waals surface area contributed by atoms with Crippen LogP contribution in [0.5, 0.6) is 0 Å². The van der Waals surface area contributed by atoms with Gasteiger partial charge in [-0.15, -0.1) is 0 Å². The summed E-state index contributed by atoms with van der Waals surface area (Å²) in [5.41, 5.74) is 1.40. The van der Waals surface area contributed by atoms with Crippen LogP contribution >= 0.6 is 0 Å². The molecule has 3 aromatic rings. The topological polar surface area (TPSA) is 107 Å². The number of nitro groups is 1. The molecule has 0 atom stereocenters. The van der Waals surface area contributed by atoms with Crippen LogP contribution in [0.15, 0.2) is 53.6 Å². The lowest BCUT2D eigenvalue weighted by atomic mass is 10.1. The Morgan fingerprint density at radius 2 is 2.08 bits per heavy atom. The fourth-order valence-corrected chi connectivity index (χ4v) is 2.60. The molecule has 0 aliphatic carbocycles. The molecule has 26 heavy (non-hydrogen) atoms. The number of carbonyl (C=O) groups excluding carboxylic acids is 1. The molecular formula is C18H16N4O4. The Labute approximate surface area is 148 Å². The lowest BCUT2D eigenvalue weighted by Gasteiger charge is -2.09. The largest absolute Gasteiger partial charge is 0.325 e. The number of amides is 1. The number of aromatic nitrogens is 2. The Balaban J connectivity index is 1.83. The Hall–Kier alpha value is -3.55. The van der Waals surface area contributed by atoms with Crippen molar-refractivity contribution in [1.29, 1.82) is 0 Å². The van der Waals surface area contributed by atoms with Crippen LogP contribution in [0.4, 0.5) is 11.4 Å². The lowest BCUT2D eigenvalue weighted by molar-refractivity contribution is -0.384. The maximum atomic E-state index is 12.5. The average molecular weight is 352 g/mol. The number of benzene rings is 2. The maximum Gasteiger partial charge on any atom is 0.271 e. The third-order valence-electron chi connectivity index (χ3n) is 3.95. The van der Waals surface area contributed by atoms with Gasteiger partial charge < -0.3 is 5.32 Å². The van der Waals surface area contributed by atoms with E-state index < -0.39 is 10.5 Å². The van der Waals surface area contributed by atoms with Crippen molar-refractivity contribution in [3.8, 4) is 0 Å². The molecule has 0 bridgehead atoms. The highest BCUT2D eigenvalue weighted by Gasteiger charge is 2.12. The zero-order chi connectivity index (χ0) is 18.7. The van der Waals surface area contributed by atoms with Crippen molar-refractivity contribution in [2.75, 3.05) is 5.32 Å². The molecule has 132 valence electrons. The molecule has 1 amide bonds. The van der Waals surface area contributed by atoms with E-state index in [1.54, 1.807) is 6.07 Å². The lowest BCUT2D eigenvalue weighted by Crippen LogP contribution is -2.27. The summed E-state index contributed by atoms with van der Waals surface area (Å²) >= 11 is 0. The summed E-state index contributed by atoms with van der Waals surface area (Å²) in [6.45, 7) is 1.82. The van der Waals surface area contributed by atoms with Crippen LogP contribution in [0.3, 0.4) is 0 Å². The molecule has 0 unspecified atom stereocenters. The van der Waals surface area contributed by atoms with E-state index in [0.29, 0.717) is 5.69 Å². The van der Waals surface area contributed by atoms with Gasteiger partial charge in [0.05, 0.1) is 22.2 Å². The molecule has 0 spiro atoms. The minimum atomic E-state index is -0.551. The van der Waals surface area contributed by atoms with E-state index in [1.807, 2.05) is 25.1 Å². The van der Waals surface area contributed by atoms with Crippen LogP contribution in [0.1, 0.15) is 12.5 Å². The number of aryl methyl sites for hydroxylation is 1. The quantitative estimate of drug-likeness (QED) is 0.561. The number of hydrogen-bond acceptors (Lipinski definition) is 5. The molecule has 2 aromatic carbocycles. The molecule has 1 aromatic heterocycles. The third-order valence-corrected chi connectivity index (χ3v) is 3.95. The van der Waals surface area contributed by atoms with Gasteiger partial charge in [0.1, 0.15) is 6.54 Å². The number of carbonyl (C=O) groups is 1. The minimum Gasteiger partial charge on any atom is -0.325 e. The molecule has 3 rings (SSSR count). The standard InChI is InChI=1S/C18H16N4O4/c1-2-12-4-3-5-13(8-12)20-17(23)10-21-11-19-16-9-14(22(25)26)6-7-15(16)18(21)24/h3-9,11H,2,10H2,1H3,(H,20,23). The zero-order valence-electron chi connectivity index (χ0n) is 14.0. The zero-order valence-corrected chi connectivity index (χ0v) is 14.0. The number of anilines is 1. The van der Waals surface area contributed by atoms with Gasteiger partial charge in [-0.2, -0.15) is 0 Å². The molecule has 0 aliphatic rings. The van der Waals surface area contributed by atoms with Crippen molar-refractivity contribution in [2.45, 2.75) is 19.9 Å². The molecule has 0 aliphatic heterocycles. The van der Waals surface area contributed by atoms with Crippen molar-refractivity contribution in [1.82, 2.24) is 9.55 Å². The van der Waals surface area contributed by atoms with Gasteiger partial charge in [-0.05, 0) is 30.2 Å². The van der Waals surface area contributed by atoms with E-state index in [9.17, 15) is 19.7 Å². The van der Waals surface area contributed by atoms with Crippen molar-refractivity contribution in [3.05, 3.63) is 74.8 Å². The third kappa shape index (κ3) is 3.59. The molecule has 0 fully saturated rings. The van der Waals surface area contributed by atoms with E-state index in [2.05, 4.69) is 10.3 Å². The van der Waals surface area contributed by atoms with Gasteiger partial charge in [-0.3, -0.25) is 24.3 Å². The number of rotatable bonds is 5. The Bertz CT molecular complexity index is 1060. The molecule has 0 saturated carbocycles. The normalized spacial score (nSPS) is 10.7. The van der Waals surface area contributed by atoms with E-state index in [0.717, 1.165) is 12.0 Å². The summed E-state index contributed by atoms with van der Waals surface area (Å²) < 4.78 is 1.17. The number of nitrogens with one attached hydrogen (secondary N) is 1. The van der Waals surface area contributed by atoms with Crippen LogP contribution in [-0.2, 0) is 17.8 Å². The Morgan fingerprint density at radius 3 is 2.81 bits per heavy atom. The number of hydrogen-bond donors (Lipinski definition) is 1. The second-order valence-corrected chi connectivity index (χ2v) is 5.74. The average Bonchev–Trinajstić information content (AvgIpc) is 2.63. The molecule has 8 nitrogen and oxygen atoms in total. The van der Waals surface area contributed by atoms with Crippen LogP contribution in [0, 0.1) is 10.1 Å². The van der Waals surface area contributed by atoms with E-state index in [4.69, 9.17) is 0 Å². The fraction of sp³-hybridized carbons (Fsp3) is 0.167. The van der Waals surface area contributed by atoms with Gasteiger partial charge >= 0.3 is 0 Å². The molecule has 8 heteroatoms. The minimum absolute atomic E-state index is 0.143. The number of nitro benzene ring substituents is 1. The first-order valence-corrected chi connectivity index (χ1v) is 8.00. The van der Waals surface area contributed by atoms with Crippen LogP contribution < -0.4 is 10.9 Å². The first-order valence-electron chi connectivity index (χ1n) is 8.00.